The molecule has 0 radical (unpaired) electrons. The number of carbonyl (C=O) groups excluding carboxylic acids is 1. The molecule has 0 aliphatic carbocycles. The van der Waals surface area contributed by atoms with E-state index in [2.05, 4.69) is 21.5 Å². The minimum Gasteiger partial charge on any atom is -0.332 e. The quantitative estimate of drug-likeness (QED) is 0.616. The zero-order chi connectivity index (χ0) is 12.3. The summed E-state index contributed by atoms with van der Waals surface area (Å²) >= 11 is 0. The van der Waals surface area contributed by atoms with E-state index in [0.29, 0.717) is 6.54 Å². The van der Waals surface area contributed by atoms with Crippen molar-refractivity contribution in [2.24, 2.45) is 0 Å². The van der Waals surface area contributed by atoms with Crippen LogP contribution in [0.2, 0.25) is 0 Å². The van der Waals surface area contributed by atoms with Gasteiger partial charge in [-0.25, -0.2) is 9.18 Å². The van der Waals surface area contributed by atoms with Crippen LogP contribution in [-0.4, -0.2) is 24.7 Å². The number of nitrogens with one attached hydrogen (secondary N) is 4. The monoisotopic (exact) mass is 238 g/mol. The molecule has 6 heteroatoms. The Morgan fingerprint density at radius 2 is 2.24 bits per heavy atom. The van der Waals surface area contributed by atoms with Crippen LogP contribution < -0.4 is 21.5 Å². The van der Waals surface area contributed by atoms with E-state index in [-0.39, 0.29) is 17.8 Å². The molecule has 0 aromatic heterocycles. The molecule has 17 heavy (non-hydrogen) atoms. The van der Waals surface area contributed by atoms with Gasteiger partial charge in [0, 0.05) is 12.6 Å². The van der Waals surface area contributed by atoms with Gasteiger partial charge in [0.25, 0.3) is 0 Å². The molecular weight excluding hydrogens is 223 g/mol. The van der Waals surface area contributed by atoms with Crippen molar-refractivity contribution in [1.82, 2.24) is 16.2 Å². The molecule has 2 amide bonds. The average molecular weight is 238 g/mol. The van der Waals surface area contributed by atoms with Gasteiger partial charge in [-0.2, -0.15) is 0 Å². The largest absolute Gasteiger partial charge is 0.332 e. The summed E-state index contributed by atoms with van der Waals surface area (Å²) in [5.74, 6) is -0.446. The molecule has 92 valence electrons. The highest BCUT2D eigenvalue weighted by Crippen LogP contribution is 2.12. The van der Waals surface area contributed by atoms with E-state index < -0.39 is 11.8 Å². The van der Waals surface area contributed by atoms with E-state index >= 15 is 0 Å². The molecule has 0 spiro atoms. The van der Waals surface area contributed by atoms with Gasteiger partial charge >= 0.3 is 6.03 Å². The lowest BCUT2D eigenvalue weighted by atomic mass is 10.2. The number of hydrogen-bond donors (Lipinski definition) is 4. The second-order valence-corrected chi connectivity index (χ2v) is 4.00. The fraction of sp³-hybridized carbons (Fsp3) is 0.364. The smallest absolute Gasteiger partial charge is 0.319 e. The summed E-state index contributed by atoms with van der Waals surface area (Å²) in [5.41, 5.74) is 6.10. The van der Waals surface area contributed by atoms with Crippen LogP contribution >= 0.6 is 0 Å². The van der Waals surface area contributed by atoms with Crippen LogP contribution in [0.5, 0.6) is 0 Å². The SMILES string of the molecule is CC1NNCC1NC(=O)Nc1ccccc1F. The molecule has 4 N–H and O–H groups in total. The first-order valence-corrected chi connectivity index (χ1v) is 5.47. The molecule has 5 nitrogen and oxygen atoms in total. The number of halogens is 1. The predicted molar refractivity (Wildman–Crippen MR) is 62.9 cm³/mol. The van der Waals surface area contributed by atoms with Crippen molar-refractivity contribution in [1.29, 1.82) is 0 Å². The van der Waals surface area contributed by atoms with Crippen LogP contribution in [0.15, 0.2) is 24.3 Å². The van der Waals surface area contributed by atoms with Crippen molar-refractivity contribution in [3.8, 4) is 0 Å². The van der Waals surface area contributed by atoms with Crippen molar-refractivity contribution >= 4 is 11.7 Å². The summed E-state index contributed by atoms with van der Waals surface area (Å²) in [6, 6.07) is 5.78. The summed E-state index contributed by atoms with van der Waals surface area (Å²) in [6.07, 6.45) is 0. The van der Waals surface area contributed by atoms with Gasteiger partial charge in [0.05, 0.1) is 11.7 Å². The minimum atomic E-state index is -0.446. The summed E-state index contributed by atoms with van der Waals surface area (Å²) in [4.78, 5) is 11.6. The number of hydrazine groups is 1. The molecule has 1 aromatic carbocycles. The number of anilines is 1. The van der Waals surface area contributed by atoms with Gasteiger partial charge < -0.3 is 10.6 Å². The van der Waals surface area contributed by atoms with Crippen LogP contribution in [0, 0.1) is 5.82 Å². The fourth-order valence-corrected chi connectivity index (χ4v) is 1.67. The number of carbonyl (C=O) groups is 1. The Bertz CT molecular complexity index is 412. The summed E-state index contributed by atoms with van der Waals surface area (Å²) in [5, 5.41) is 5.24. The number of rotatable bonds is 2. The van der Waals surface area contributed by atoms with Crippen LogP contribution in [0.4, 0.5) is 14.9 Å². The van der Waals surface area contributed by atoms with Crippen molar-refractivity contribution in [3.05, 3.63) is 30.1 Å². The lowest BCUT2D eigenvalue weighted by Gasteiger charge is -2.16. The zero-order valence-corrected chi connectivity index (χ0v) is 9.46. The molecule has 1 fully saturated rings. The van der Waals surface area contributed by atoms with E-state index in [1.54, 1.807) is 12.1 Å². The fourth-order valence-electron chi connectivity index (χ4n) is 1.67. The lowest BCUT2D eigenvalue weighted by Crippen LogP contribution is -2.45. The molecule has 1 aliphatic heterocycles. The highest BCUT2D eigenvalue weighted by atomic mass is 19.1. The van der Waals surface area contributed by atoms with Gasteiger partial charge in [-0.1, -0.05) is 12.1 Å². The van der Waals surface area contributed by atoms with Crippen molar-refractivity contribution in [2.75, 3.05) is 11.9 Å². The van der Waals surface area contributed by atoms with Crippen molar-refractivity contribution in [3.63, 3.8) is 0 Å². The molecule has 1 aromatic rings. The third kappa shape index (κ3) is 2.92. The topological polar surface area (TPSA) is 65.2 Å². The van der Waals surface area contributed by atoms with E-state index in [0.717, 1.165) is 0 Å². The number of urea groups is 1. The lowest BCUT2D eigenvalue weighted by molar-refractivity contribution is 0.248. The highest BCUT2D eigenvalue weighted by Gasteiger charge is 2.24. The summed E-state index contributed by atoms with van der Waals surface area (Å²) in [6.45, 7) is 2.60. The average Bonchev–Trinajstić information content (AvgIpc) is 2.68. The molecule has 2 atom stereocenters. The molecule has 2 unspecified atom stereocenters. The molecule has 2 rings (SSSR count). The van der Waals surface area contributed by atoms with Crippen molar-refractivity contribution < 1.29 is 9.18 Å². The normalized spacial score (nSPS) is 23.4. The van der Waals surface area contributed by atoms with Gasteiger partial charge in [-0.15, -0.1) is 0 Å². The Morgan fingerprint density at radius 1 is 1.47 bits per heavy atom. The third-order valence-corrected chi connectivity index (χ3v) is 2.69. The standard InChI is InChI=1S/C11H15FN4O/c1-7-10(6-13-16-7)15-11(17)14-9-5-3-2-4-8(9)12/h2-5,7,10,13,16H,6H2,1H3,(H2,14,15,17). The predicted octanol–water partition coefficient (Wildman–Crippen LogP) is 0.812. The zero-order valence-electron chi connectivity index (χ0n) is 9.46. The minimum absolute atomic E-state index is 0.0122. The van der Waals surface area contributed by atoms with Gasteiger partial charge in [-0.05, 0) is 19.1 Å². The second kappa shape index (κ2) is 5.11. The third-order valence-electron chi connectivity index (χ3n) is 2.69. The van der Waals surface area contributed by atoms with Crippen LogP contribution in [0.1, 0.15) is 6.92 Å². The first kappa shape index (κ1) is 11.8. The second-order valence-electron chi connectivity index (χ2n) is 4.00. The number of para-hydroxylation sites is 1. The van der Waals surface area contributed by atoms with E-state index in [1.165, 1.54) is 12.1 Å². The Balaban J connectivity index is 1.91. The maximum atomic E-state index is 13.3. The molecule has 0 bridgehead atoms. The van der Waals surface area contributed by atoms with Crippen molar-refractivity contribution in [2.45, 2.75) is 19.0 Å². The molecule has 1 saturated heterocycles. The van der Waals surface area contributed by atoms with Gasteiger partial charge in [0.2, 0.25) is 0 Å². The van der Waals surface area contributed by atoms with Crippen LogP contribution in [-0.2, 0) is 0 Å². The number of benzene rings is 1. The van der Waals surface area contributed by atoms with Gasteiger partial charge in [0.15, 0.2) is 0 Å². The summed E-state index contributed by atoms with van der Waals surface area (Å²) < 4.78 is 13.3. The Hall–Kier alpha value is -1.66. The van der Waals surface area contributed by atoms with Crippen LogP contribution in [0.3, 0.4) is 0 Å². The number of hydrogen-bond acceptors (Lipinski definition) is 3. The maximum absolute atomic E-state index is 13.3. The van der Waals surface area contributed by atoms with Crippen LogP contribution in [0.25, 0.3) is 0 Å². The number of amides is 2. The maximum Gasteiger partial charge on any atom is 0.319 e. The van der Waals surface area contributed by atoms with E-state index in [4.69, 9.17) is 0 Å². The molecule has 0 saturated carbocycles. The molecular formula is C11H15FN4O. The van der Waals surface area contributed by atoms with Gasteiger partial charge in [0.1, 0.15) is 5.82 Å². The summed E-state index contributed by atoms with van der Waals surface area (Å²) in [7, 11) is 0. The first-order valence-electron chi connectivity index (χ1n) is 5.47. The molecule has 1 aliphatic rings. The Kier molecular flexibility index (Phi) is 3.55. The van der Waals surface area contributed by atoms with E-state index in [9.17, 15) is 9.18 Å². The van der Waals surface area contributed by atoms with Gasteiger partial charge in [-0.3, -0.25) is 10.9 Å². The first-order chi connectivity index (χ1) is 8.16. The van der Waals surface area contributed by atoms with E-state index in [1.807, 2.05) is 6.92 Å². The molecule has 1 heterocycles. The Morgan fingerprint density at radius 3 is 2.88 bits per heavy atom. The Labute approximate surface area is 98.7 Å². The highest BCUT2D eigenvalue weighted by molar-refractivity contribution is 5.89.